The van der Waals surface area contributed by atoms with Gasteiger partial charge in [-0.3, -0.25) is 4.79 Å². The van der Waals surface area contributed by atoms with Gasteiger partial charge in [0, 0.05) is 11.7 Å². The van der Waals surface area contributed by atoms with Gasteiger partial charge in [0.15, 0.2) is 12.4 Å². The number of anilines is 2. The summed E-state index contributed by atoms with van der Waals surface area (Å²) in [6.45, 7) is -0.00147. The molecule has 2 heterocycles. The smallest absolute Gasteiger partial charge is 0.326 e. The number of esters is 1. The number of rotatable bonds is 4. The highest BCUT2D eigenvalue weighted by Crippen LogP contribution is 2.15. The van der Waals surface area contributed by atoms with E-state index in [1.165, 1.54) is 0 Å². The molecular weight excluding hydrogens is 284 g/mol. The molecule has 0 atom stereocenters. The first-order valence-electron chi connectivity index (χ1n) is 6.57. The summed E-state index contributed by atoms with van der Waals surface area (Å²) >= 11 is 0. The molecule has 0 radical (unpaired) electrons. The van der Waals surface area contributed by atoms with Gasteiger partial charge in [0.25, 0.3) is 0 Å². The van der Waals surface area contributed by atoms with Crippen LogP contribution in [-0.2, 0) is 22.7 Å². The Labute approximate surface area is 125 Å². The summed E-state index contributed by atoms with van der Waals surface area (Å²) in [5.41, 5.74) is 11.9. The van der Waals surface area contributed by atoms with Gasteiger partial charge in [0.1, 0.15) is 6.54 Å². The van der Waals surface area contributed by atoms with Crippen molar-refractivity contribution >= 4 is 28.8 Å². The van der Waals surface area contributed by atoms with Gasteiger partial charge in [0.2, 0.25) is 11.9 Å². The molecule has 4 N–H and O–H groups in total. The third-order valence-corrected chi connectivity index (χ3v) is 3.06. The molecule has 8 nitrogen and oxygen atoms in total. The van der Waals surface area contributed by atoms with E-state index in [-0.39, 0.29) is 30.9 Å². The number of carbonyl (C=O) groups excluding carboxylic acids is 1. The fourth-order valence-electron chi connectivity index (χ4n) is 2.13. The quantitative estimate of drug-likeness (QED) is 0.681. The van der Waals surface area contributed by atoms with Crippen LogP contribution in [-0.4, -0.2) is 25.5 Å². The minimum atomic E-state index is -0.404. The third kappa shape index (κ3) is 2.95. The van der Waals surface area contributed by atoms with Crippen molar-refractivity contribution in [2.75, 3.05) is 11.5 Å². The predicted octanol–water partition coefficient (Wildman–Crippen LogP) is 0.734. The zero-order valence-corrected chi connectivity index (χ0v) is 11.6. The summed E-state index contributed by atoms with van der Waals surface area (Å²) in [6.07, 6.45) is 1.84. The van der Waals surface area contributed by atoms with E-state index in [1.807, 2.05) is 41.1 Å². The number of carbonyl (C=O) groups is 1. The van der Waals surface area contributed by atoms with Crippen LogP contribution in [0.5, 0.6) is 0 Å². The minimum absolute atomic E-state index is 0.00467. The Kier molecular flexibility index (Phi) is 3.57. The fraction of sp³-hybridized carbons (Fsp3) is 0.143. The summed E-state index contributed by atoms with van der Waals surface area (Å²) in [5.74, 6) is -0.195. The number of nitrogen functional groups attached to an aromatic ring is 2. The standard InChI is InChI=1S/C14H14N6O2/c15-13-17-11(18-14(16)19-13)8-22-12(21)7-20-6-5-9-3-1-2-4-10(9)20/h1-6H,7-8H2,(H4,15,16,17,18,19). The molecule has 0 aliphatic rings. The lowest BCUT2D eigenvalue weighted by Gasteiger charge is -2.07. The van der Waals surface area contributed by atoms with Crippen molar-refractivity contribution in [3.8, 4) is 0 Å². The molecule has 0 bridgehead atoms. The molecular formula is C14H14N6O2. The number of ether oxygens (including phenoxy) is 1. The Balaban J connectivity index is 1.65. The molecule has 22 heavy (non-hydrogen) atoms. The maximum atomic E-state index is 11.9. The van der Waals surface area contributed by atoms with E-state index >= 15 is 0 Å². The second kappa shape index (κ2) is 5.68. The Morgan fingerprint density at radius 3 is 2.59 bits per heavy atom. The highest BCUT2D eigenvalue weighted by Gasteiger charge is 2.09. The molecule has 112 valence electrons. The number of aromatic nitrogens is 4. The van der Waals surface area contributed by atoms with Crippen LogP contribution in [0.25, 0.3) is 10.9 Å². The zero-order chi connectivity index (χ0) is 15.5. The van der Waals surface area contributed by atoms with Crippen molar-refractivity contribution < 1.29 is 9.53 Å². The third-order valence-electron chi connectivity index (χ3n) is 3.06. The Bertz CT molecular complexity index is 809. The average molecular weight is 298 g/mol. The first-order valence-corrected chi connectivity index (χ1v) is 6.57. The highest BCUT2D eigenvalue weighted by atomic mass is 16.5. The summed E-state index contributed by atoms with van der Waals surface area (Å²) in [6, 6.07) is 9.72. The molecule has 0 amide bonds. The van der Waals surface area contributed by atoms with Crippen LogP contribution in [0, 0.1) is 0 Å². The van der Waals surface area contributed by atoms with E-state index in [0.29, 0.717) is 0 Å². The van der Waals surface area contributed by atoms with Crippen molar-refractivity contribution in [3.63, 3.8) is 0 Å². The number of para-hydroxylation sites is 1. The van der Waals surface area contributed by atoms with Gasteiger partial charge in [-0.2, -0.15) is 15.0 Å². The minimum Gasteiger partial charge on any atom is -0.456 e. The molecule has 0 unspecified atom stereocenters. The van der Waals surface area contributed by atoms with Crippen LogP contribution in [0.4, 0.5) is 11.9 Å². The maximum Gasteiger partial charge on any atom is 0.326 e. The number of hydrogen-bond acceptors (Lipinski definition) is 7. The molecule has 0 aliphatic carbocycles. The Morgan fingerprint density at radius 2 is 1.82 bits per heavy atom. The zero-order valence-electron chi connectivity index (χ0n) is 11.6. The van der Waals surface area contributed by atoms with Crippen LogP contribution in [0.2, 0.25) is 0 Å². The largest absolute Gasteiger partial charge is 0.456 e. The van der Waals surface area contributed by atoms with Gasteiger partial charge in [-0.15, -0.1) is 0 Å². The number of nitrogens with zero attached hydrogens (tertiary/aromatic N) is 4. The molecule has 0 spiro atoms. The number of hydrogen-bond donors (Lipinski definition) is 2. The fourth-order valence-corrected chi connectivity index (χ4v) is 2.13. The van der Waals surface area contributed by atoms with Gasteiger partial charge >= 0.3 is 5.97 Å². The lowest BCUT2D eigenvalue weighted by molar-refractivity contribution is -0.145. The van der Waals surface area contributed by atoms with Crippen LogP contribution >= 0.6 is 0 Å². The SMILES string of the molecule is Nc1nc(N)nc(COC(=O)Cn2ccc3ccccc32)n1. The molecule has 2 aromatic heterocycles. The summed E-state index contributed by atoms with van der Waals surface area (Å²) in [5, 5.41) is 1.06. The summed E-state index contributed by atoms with van der Waals surface area (Å²) < 4.78 is 6.95. The van der Waals surface area contributed by atoms with E-state index in [0.717, 1.165) is 10.9 Å². The van der Waals surface area contributed by atoms with Gasteiger partial charge in [-0.05, 0) is 17.5 Å². The van der Waals surface area contributed by atoms with Gasteiger partial charge in [-0.1, -0.05) is 18.2 Å². The van der Waals surface area contributed by atoms with E-state index in [4.69, 9.17) is 16.2 Å². The van der Waals surface area contributed by atoms with Crippen molar-refractivity contribution in [2.45, 2.75) is 13.2 Å². The first-order chi connectivity index (χ1) is 10.6. The van der Waals surface area contributed by atoms with Gasteiger partial charge in [0.05, 0.1) is 0 Å². The molecule has 0 fully saturated rings. The molecule has 0 saturated carbocycles. The Morgan fingerprint density at radius 1 is 1.09 bits per heavy atom. The lowest BCUT2D eigenvalue weighted by Crippen LogP contribution is -2.15. The highest BCUT2D eigenvalue weighted by molar-refractivity contribution is 5.81. The first kappa shape index (κ1) is 13.8. The molecule has 8 heteroatoms. The van der Waals surface area contributed by atoms with Crippen molar-refractivity contribution in [1.82, 2.24) is 19.5 Å². The average Bonchev–Trinajstić information content (AvgIpc) is 2.88. The van der Waals surface area contributed by atoms with Gasteiger partial charge in [-0.25, -0.2) is 0 Å². The number of nitrogens with two attached hydrogens (primary N) is 2. The van der Waals surface area contributed by atoms with Crippen molar-refractivity contribution in [1.29, 1.82) is 0 Å². The van der Waals surface area contributed by atoms with Gasteiger partial charge < -0.3 is 20.8 Å². The lowest BCUT2D eigenvalue weighted by atomic mass is 10.2. The molecule has 0 aliphatic heterocycles. The van der Waals surface area contributed by atoms with E-state index in [9.17, 15) is 4.79 Å². The van der Waals surface area contributed by atoms with Crippen LogP contribution < -0.4 is 11.5 Å². The van der Waals surface area contributed by atoms with E-state index in [1.54, 1.807) is 0 Å². The normalized spacial score (nSPS) is 10.7. The molecule has 3 rings (SSSR count). The second-order valence-corrected chi connectivity index (χ2v) is 4.63. The van der Waals surface area contributed by atoms with E-state index < -0.39 is 5.97 Å². The molecule has 1 aromatic carbocycles. The van der Waals surface area contributed by atoms with E-state index in [2.05, 4.69) is 15.0 Å². The maximum absolute atomic E-state index is 11.9. The van der Waals surface area contributed by atoms with Crippen LogP contribution in [0.15, 0.2) is 36.5 Å². The predicted molar refractivity (Wildman–Crippen MR) is 80.4 cm³/mol. The van der Waals surface area contributed by atoms with Crippen LogP contribution in [0.3, 0.4) is 0 Å². The second-order valence-electron chi connectivity index (χ2n) is 4.63. The topological polar surface area (TPSA) is 122 Å². The number of fused-ring (bicyclic) bond motifs is 1. The van der Waals surface area contributed by atoms with Crippen LogP contribution in [0.1, 0.15) is 5.82 Å². The Hall–Kier alpha value is -3.16. The molecule has 0 saturated heterocycles. The molecule has 3 aromatic rings. The number of benzene rings is 1. The summed E-state index contributed by atoms with van der Waals surface area (Å²) in [7, 11) is 0. The van der Waals surface area contributed by atoms with Crippen molar-refractivity contribution in [2.24, 2.45) is 0 Å². The van der Waals surface area contributed by atoms with Crippen molar-refractivity contribution in [3.05, 3.63) is 42.4 Å². The summed E-state index contributed by atoms with van der Waals surface area (Å²) in [4.78, 5) is 23.3. The monoisotopic (exact) mass is 298 g/mol.